The maximum absolute atomic E-state index is 5.35. The summed E-state index contributed by atoms with van der Waals surface area (Å²) in [6, 6.07) is 0.593. The van der Waals surface area contributed by atoms with Crippen molar-refractivity contribution in [1.82, 2.24) is 15.4 Å². The molecule has 0 saturated carbocycles. The predicted molar refractivity (Wildman–Crippen MR) is 58.5 cm³/mol. The van der Waals surface area contributed by atoms with Crippen molar-refractivity contribution in [3.05, 3.63) is 17.0 Å². The van der Waals surface area contributed by atoms with E-state index >= 15 is 0 Å². The van der Waals surface area contributed by atoms with Gasteiger partial charge in [0, 0.05) is 37.7 Å². The molecule has 0 fully saturated rings. The van der Waals surface area contributed by atoms with E-state index < -0.39 is 0 Å². The lowest BCUT2D eigenvalue weighted by Gasteiger charge is -2.29. The van der Waals surface area contributed by atoms with Crippen LogP contribution in [0.2, 0.25) is 0 Å². The summed E-state index contributed by atoms with van der Waals surface area (Å²) in [4.78, 5) is 2.46. The highest BCUT2D eigenvalue weighted by Gasteiger charge is 2.24. The fourth-order valence-electron chi connectivity index (χ4n) is 2.03. The fourth-order valence-corrected chi connectivity index (χ4v) is 2.03. The van der Waals surface area contributed by atoms with Gasteiger partial charge in [-0.2, -0.15) is 0 Å². The molecule has 1 aromatic rings. The largest absolute Gasteiger partial charge is 0.361 e. The molecule has 0 unspecified atom stereocenters. The zero-order chi connectivity index (χ0) is 10.8. The smallest absolute Gasteiger partial charge is 0.142 e. The van der Waals surface area contributed by atoms with Gasteiger partial charge in [0.25, 0.3) is 0 Å². The van der Waals surface area contributed by atoms with Crippen molar-refractivity contribution in [1.29, 1.82) is 0 Å². The second-order valence-electron chi connectivity index (χ2n) is 4.38. The monoisotopic (exact) mass is 209 g/mol. The van der Waals surface area contributed by atoms with E-state index in [0.717, 1.165) is 37.5 Å². The first-order valence-electron chi connectivity index (χ1n) is 5.57. The lowest BCUT2D eigenvalue weighted by molar-refractivity contribution is 0.192. The van der Waals surface area contributed by atoms with Crippen molar-refractivity contribution in [2.24, 2.45) is 0 Å². The Morgan fingerprint density at radius 2 is 2.33 bits per heavy atom. The zero-order valence-electron chi connectivity index (χ0n) is 9.71. The predicted octanol–water partition coefficient (Wildman–Crippen LogP) is 1.16. The van der Waals surface area contributed by atoms with Gasteiger partial charge in [-0.3, -0.25) is 4.90 Å². The number of fused-ring (bicyclic) bond motifs is 1. The van der Waals surface area contributed by atoms with E-state index in [0.29, 0.717) is 6.04 Å². The Bertz CT molecular complexity index is 333. The van der Waals surface area contributed by atoms with Gasteiger partial charge >= 0.3 is 0 Å². The number of hydrogen-bond donors (Lipinski definition) is 1. The van der Waals surface area contributed by atoms with Crippen LogP contribution >= 0.6 is 0 Å². The van der Waals surface area contributed by atoms with Crippen LogP contribution in [0.3, 0.4) is 0 Å². The quantitative estimate of drug-likeness (QED) is 0.811. The Morgan fingerprint density at radius 3 is 3.00 bits per heavy atom. The molecule has 0 amide bonds. The first-order valence-corrected chi connectivity index (χ1v) is 5.57. The molecule has 0 atom stereocenters. The molecule has 0 aliphatic carbocycles. The van der Waals surface area contributed by atoms with Gasteiger partial charge in [-0.15, -0.1) is 0 Å². The van der Waals surface area contributed by atoms with Gasteiger partial charge in [0.2, 0.25) is 0 Å². The summed E-state index contributed by atoms with van der Waals surface area (Å²) in [5.41, 5.74) is 2.36. The van der Waals surface area contributed by atoms with Gasteiger partial charge in [0.1, 0.15) is 11.5 Å². The SMILES string of the molecule is CNCc1noc2c1CN(C(C)C)CC2. The number of aromatic nitrogens is 1. The van der Waals surface area contributed by atoms with Crippen molar-refractivity contribution in [3.8, 4) is 0 Å². The van der Waals surface area contributed by atoms with Crippen molar-refractivity contribution >= 4 is 0 Å². The topological polar surface area (TPSA) is 41.3 Å². The third-order valence-corrected chi connectivity index (χ3v) is 3.01. The molecule has 1 N–H and O–H groups in total. The Morgan fingerprint density at radius 1 is 1.53 bits per heavy atom. The third kappa shape index (κ3) is 2.06. The number of nitrogens with one attached hydrogen (secondary N) is 1. The van der Waals surface area contributed by atoms with Gasteiger partial charge in [-0.25, -0.2) is 0 Å². The summed E-state index contributed by atoms with van der Waals surface area (Å²) < 4.78 is 5.35. The molecular formula is C11H19N3O. The van der Waals surface area contributed by atoms with Crippen LogP contribution in [0.4, 0.5) is 0 Å². The van der Waals surface area contributed by atoms with Gasteiger partial charge in [0.15, 0.2) is 0 Å². The van der Waals surface area contributed by atoms with E-state index in [9.17, 15) is 0 Å². The lowest BCUT2D eigenvalue weighted by atomic mass is 10.0. The second-order valence-corrected chi connectivity index (χ2v) is 4.38. The molecule has 0 bridgehead atoms. The van der Waals surface area contributed by atoms with Crippen LogP contribution in [-0.4, -0.2) is 29.7 Å². The van der Waals surface area contributed by atoms with Crippen LogP contribution in [0.1, 0.15) is 30.9 Å². The molecule has 4 heteroatoms. The van der Waals surface area contributed by atoms with E-state index in [4.69, 9.17) is 4.52 Å². The summed E-state index contributed by atoms with van der Waals surface area (Å²) in [5.74, 6) is 1.08. The van der Waals surface area contributed by atoms with E-state index in [1.165, 1.54) is 5.56 Å². The van der Waals surface area contributed by atoms with Gasteiger partial charge in [-0.1, -0.05) is 5.16 Å². The van der Waals surface area contributed by atoms with Crippen LogP contribution in [0, 0.1) is 0 Å². The Balaban J connectivity index is 2.18. The first kappa shape index (κ1) is 10.6. The minimum Gasteiger partial charge on any atom is -0.361 e. The highest BCUT2D eigenvalue weighted by atomic mass is 16.5. The van der Waals surface area contributed by atoms with Gasteiger partial charge in [0.05, 0.1) is 0 Å². The van der Waals surface area contributed by atoms with Crippen LogP contribution in [0.25, 0.3) is 0 Å². The zero-order valence-corrected chi connectivity index (χ0v) is 9.71. The molecule has 0 saturated heterocycles. The maximum atomic E-state index is 5.35. The number of nitrogens with zero attached hydrogens (tertiary/aromatic N) is 2. The summed E-state index contributed by atoms with van der Waals surface area (Å²) in [7, 11) is 1.93. The number of rotatable bonds is 3. The average molecular weight is 209 g/mol. The molecule has 84 valence electrons. The molecule has 2 heterocycles. The molecule has 1 aliphatic rings. The summed E-state index contributed by atoms with van der Waals surface area (Å²) in [5, 5.41) is 7.24. The standard InChI is InChI=1S/C11H19N3O/c1-8(2)14-5-4-11-9(7-14)10(6-12-3)13-15-11/h8,12H,4-7H2,1-3H3. The van der Waals surface area contributed by atoms with Crippen molar-refractivity contribution < 1.29 is 4.52 Å². The Kier molecular flexibility index (Phi) is 3.07. The summed E-state index contributed by atoms with van der Waals surface area (Å²) in [6.07, 6.45) is 0.990. The second kappa shape index (κ2) is 4.33. The van der Waals surface area contributed by atoms with E-state index in [1.807, 2.05) is 7.05 Å². The van der Waals surface area contributed by atoms with Crippen LogP contribution in [0.5, 0.6) is 0 Å². The maximum Gasteiger partial charge on any atom is 0.142 e. The third-order valence-electron chi connectivity index (χ3n) is 3.01. The Labute approximate surface area is 90.6 Å². The molecule has 0 spiro atoms. The normalized spacial score (nSPS) is 17.1. The molecule has 2 rings (SSSR count). The molecule has 0 radical (unpaired) electrons. The van der Waals surface area contributed by atoms with E-state index in [-0.39, 0.29) is 0 Å². The van der Waals surface area contributed by atoms with Crippen molar-refractivity contribution in [2.45, 2.75) is 39.4 Å². The average Bonchev–Trinajstić information content (AvgIpc) is 2.61. The van der Waals surface area contributed by atoms with Gasteiger partial charge < -0.3 is 9.84 Å². The minimum atomic E-state index is 0.593. The van der Waals surface area contributed by atoms with E-state index in [1.54, 1.807) is 0 Å². The molecule has 1 aliphatic heterocycles. The summed E-state index contributed by atoms with van der Waals surface area (Å²) >= 11 is 0. The van der Waals surface area contributed by atoms with Crippen LogP contribution < -0.4 is 5.32 Å². The van der Waals surface area contributed by atoms with Crippen molar-refractivity contribution in [2.75, 3.05) is 13.6 Å². The van der Waals surface area contributed by atoms with Crippen LogP contribution in [-0.2, 0) is 19.5 Å². The Hall–Kier alpha value is -0.870. The molecular weight excluding hydrogens is 190 g/mol. The van der Waals surface area contributed by atoms with Crippen molar-refractivity contribution in [3.63, 3.8) is 0 Å². The highest BCUT2D eigenvalue weighted by molar-refractivity contribution is 5.25. The van der Waals surface area contributed by atoms with E-state index in [2.05, 4.69) is 29.2 Å². The minimum absolute atomic E-state index is 0.593. The highest BCUT2D eigenvalue weighted by Crippen LogP contribution is 2.23. The molecule has 15 heavy (non-hydrogen) atoms. The first-order chi connectivity index (χ1) is 7.22. The fraction of sp³-hybridized carbons (Fsp3) is 0.727. The van der Waals surface area contributed by atoms with Gasteiger partial charge in [-0.05, 0) is 20.9 Å². The lowest BCUT2D eigenvalue weighted by Crippen LogP contribution is -2.35. The number of hydrogen-bond acceptors (Lipinski definition) is 4. The summed E-state index contributed by atoms with van der Waals surface area (Å²) in [6.45, 7) is 7.32. The molecule has 1 aromatic heterocycles. The molecule has 4 nitrogen and oxygen atoms in total. The van der Waals surface area contributed by atoms with Crippen LogP contribution in [0.15, 0.2) is 4.52 Å². The molecule has 0 aromatic carbocycles.